The molecule has 0 aliphatic carbocycles. The number of nitrogens with one attached hydrogen (secondary N) is 1. The molecule has 0 unspecified atom stereocenters. The molecule has 0 atom stereocenters. The van der Waals surface area contributed by atoms with Crippen LogP contribution in [0.4, 0.5) is 17.1 Å². The Kier molecular flexibility index (Phi) is 6.52. The molecule has 0 fully saturated rings. The van der Waals surface area contributed by atoms with E-state index in [1.165, 1.54) is 30.3 Å². The molecule has 0 radical (unpaired) electrons. The Morgan fingerprint density at radius 3 is 2.40 bits per heavy atom. The third kappa shape index (κ3) is 4.85. The summed E-state index contributed by atoms with van der Waals surface area (Å²) in [6.07, 6.45) is 0. The quantitative estimate of drug-likeness (QED) is 0.283. The molecule has 0 aromatic heterocycles. The Morgan fingerprint density at radius 1 is 0.943 bits per heavy atom. The van der Waals surface area contributed by atoms with Gasteiger partial charge in [0.2, 0.25) is 5.91 Å². The van der Waals surface area contributed by atoms with Crippen LogP contribution in [0, 0.1) is 24.0 Å². The van der Waals surface area contributed by atoms with E-state index in [9.17, 15) is 23.3 Å². The Bertz CT molecular complexity index is 1540. The molecule has 35 heavy (non-hydrogen) atoms. The molecule has 0 spiro atoms. The van der Waals surface area contributed by atoms with Crippen molar-refractivity contribution in [1.82, 2.24) is 0 Å². The Balaban J connectivity index is 1.77. The van der Waals surface area contributed by atoms with E-state index in [4.69, 9.17) is 0 Å². The maximum atomic E-state index is 14.0. The van der Waals surface area contributed by atoms with Crippen molar-refractivity contribution in [2.75, 3.05) is 16.2 Å². The molecule has 0 heterocycles. The highest BCUT2D eigenvalue weighted by molar-refractivity contribution is 7.93. The van der Waals surface area contributed by atoms with Gasteiger partial charge in [0.15, 0.2) is 0 Å². The van der Waals surface area contributed by atoms with Crippen LogP contribution in [-0.4, -0.2) is 25.8 Å². The first-order valence-corrected chi connectivity index (χ1v) is 12.2. The number of carbonyl (C=O) groups is 1. The van der Waals surface area contributed by atoms with E-state index in [1.807, 2.05) is 31.2 Å². The van der Waals surface area contributed by atoms with E-state index in [0.29, 0.717) is 11.1 Å². The minimum absolute atomic E-state index is 0.0830. The van der Waals surface area contributed by atoms with Crippen molar-refractivity contribution in [2.45, 2.75) is 18.7 Å². The number of aryl methyl sites for hydroxylation is 1. The highest BCUT2D eigenvalue weighted by Gasteiger charge is 2.30. The number of amides is 1. The third-order valence-corrected chi connectivity index (χ3v) is 7.61. The minimum Gasteiger partial charge on any atom is -0.324 e. The van der Waals surface area contributed by atoms with E-state index < -0.39 is 27.4 Å². The van der Waals surface area contributed by atoms with Crippen molar-refractivity contribution in [1.29, 1.82) is 0 Å². The molecule has 0 aliphatic heterocycles. The van der Waals surface area contributed by atoms with Crippen molar-refractivity contribution in [2.24, 2.45) is 0 Å². The molecule has 9 heteroatoms. The summed E-state index contributed by atoms with van der Waals surface area (Å²) in [6, 6.07) is 22.9. The number of non-ortho nitro benzene ring substituents is 1. The molecule has 0 saturated heterocycles. The standard InChI is InChI=1S/C26H23N3O5S/c1-18-8-5-14-24(19(18)2)28(17-26(30)27-21-11-7-12-22(16-21)29(31)32)35(33,34)25-15-6-10-20-9-3-4-13-23(20)25/h3-16H,17H2,1-2H3,(H,27,30). The maximum absolute atomic E-state index is 14.0. The number of fused-ring (bicyclic) bond motifs is 1. The van der Waals surface area contributed by atoms with Gasteiger partial charge in [0.25, 0.3) is 15.7 Å². The summed E-state index contributed by atoms with van der Waals surface area (Å²) >= 11 is 0. The number of hydrogen-bond acceptors (Lipinski definition) is 5. The predicted molar refractivity (Wildman–Crippen MR) is 136 cm³/mol. The molecule has 1 amide bonds. The number of nitrogens with zero attached hydrogens (tertiary/aromatic N) is 2. The summed E-state index contributed by atoms with van der Waals surface area (Å²) in [4.78, 5) is 23.6. The lowest BCUT2D eigenvalue weighted by Gasteiger charge is -2.27. The van der Waals surface area contributed by atoms with Crippen molar-refractivity contribution < 1.29 is 18.1 Å². The summed E-state index contributed by atoms with van der Waals surface area (Å²) in [7, 11) is -4.16. The van der Waals surface area contributed by atoms with Crippen LogP contribution in [-0.2, 0) is 14.8 Å². The van der Waals surface area contributed by atoms with Gasteiger partial charge in [-0.25, -0.2) is 8.42 Å². The summed E-state index contributed by atoms with van der Waals surface area (Å²) < 4.78 is 29.1. The van der Waals surface area contributed by atoms with E-state index in [1.54, 1.807) is 37.3 Å². The van der Waals surface area contributed by atoms with Gasteiger partial charge in [-0.15, -0.1) is 0 Å². The van der Waals surface area contributed by atoms with Crippen molar-refractivity contribution >= 4 is 43.8 Å². The topological polar surface area (TPSA) is 110 Å². The van der Waals surface area contributed by atoms with Gasteiger partial charge in [0.05, 0.1) is 15.5 Å². The summed E-state index contributed by atoms with van der Waals surface area (Å²) in [5, 5.41) is 15.0. The van der Waals surface area contributed by atoms with Gasteiger partial charge in [-0.2, -0.15) is 0 Å². The van der Waals surface area contributed by atoms with Gasteiger partial charge in [-0.3, -0.25) is 19.2 Å². The smallest absolute Gasteiger partial charge is 0.271 e. The van der Waals surface area contributed by atoms with Gasteiger partial charge in [0, 0.05) is 23.2 Å². The fourth-order valence-corrected chi connectivity index (χ4v) is 5.57. The molecule has 1 N–H and O–H groups in total. The molecular formula is C26H23N3O5S. The first-order chi connectivity index (χ1) is 16.7. The van der Waals surface area contributed by atoms with Gasteiger partial charge < -0.3 is 5.32 Å². The van der Waals surface area contributed by atoms with Crippen molar-refractivity contribution in [3.8, 4) is 0 Å². The van der Waals surface area contributed by atoms with E-state index in [0.717, 1.165) is 20.8 Å². The van der Waals surface area contributed by atoms with Crippen molar-refractivity contribution in [3.05, 3.63) is 106 Å². The van der Waals surface area contributed by atoms with Crippen LogP contribution in [0.5, 0.6) is 0 Å². The maximum Gasteiger partial charge on any atom is 0.271 e. The fourth-order valence-electron chi connectivity index (χ4n) is 3.87. The van der Waals surface area contributed by atoms with Crippen LogP contribution in [0.15, 0.2) is 89.8 Å². The van der Waals surface area contributed by atoms with E-state index >= 15 is 0 Å². The molecule has 4 rings (SSSR count). The molecule has 4 aromatic rings. The number of rotatable bonds is 7. The van der Waals surface area contributed by atoms with Crippen molar-refractivity contribution in [3.63, 3.8) is 0 Å². The molecule has 178 valence electrons. The van der Waals surface area contributed by atoms with Gasteiger partial charge in [-0.05, 0) is 48.6 Å². The number of nitro benzene ring substituents is 1. The minimum atomic E-state index is -4.16. The Morgan fingerprint density at radius 2 is 1.63 bits per heavy atom. The number of nitro groups is 1. The number of anilines is 2. The van der Waals surface area contributed by atoms with Gasteiger partial charge >= 0.3 is 0 Å². The average molecular weight is 490 g/mol. The lowest BCUT2D eigenvalue weighted by Crippen LogP contribution is -2.38. The normalized spacial score (nSPS) is 11.3. The van der Waals surface area contributed by atoms with Crippen LogP contribution in [0.25, 0.3) is 10.8 Å². The van der Waals surface area contributed by atoms with Gasteiger partial charge in [0.1, 0.15) is 6.54 Å². The first-order valence-electron chi connectivity index (χ1n) is 10.8. The molecule has 0 bridgehead atoms. The Hall–Kier alpha value is -4.24. The molecule has 0 aliphatic rings. The average Bonchev–Trinajstić information content (AvgIpc) is 2.84. The Labute approximate surface area is 203 Å². The SMILES string of the molecule is Cc1cccc(N(CC(=O)Nc2cccc([N+](=O)[O-])c2)S(=O)(=O)c2cccc3ccccc23)c1C. The number of benzene rings is 4. The zero-order valence-corrected chi connectivity index (χ0v) is 20.0. The largest absolute Gasteiger partial charge is 0.324 e. The second-order valence-corrected chi connectivity index (χ2v) is 9.89. The van der Waals surface area contributed by atoms with Crippen LogP contribution in [0.2, 0.25) is 0 Å². The van der Waals surface area contributed by atoms with Crippen LogP contribution < -0.4 is 9.62 Å². The first kappa shape index (κ1) is 23.9. The highest BCUT2D eigenvalue weighted by atomic mass is 32.2. The fraction of sp³-hybridized carbons (Fsp3) is 0.115. The molecule has 4 aromatic carbocycles. The van der Waals surface area contributed by atoms with Crippen LogP contribution in [0.3, 0.4) is 0 Å². The monoisotopic (exact) mass is 489 g/mol. The number of hydrogen-bond donors (Lipinski definition) is 1. The zero-order chi connectivity index (χ0) is 25.2. The molecule has 0 saturated carbocycles. The second-order valence-electron chi connectivity index (χ2n) is 8.06. The third-order valence-electron chi connectivity index (χ3n) is 5.79. The van der Waals surface area contributed by atoms with E-state index in [-0.39, 0.29) is 16.3 Å². The van der Waals surface area contributed by atoms with Gasteiger partial charge in [-0.1, -0.05) is 54.6 Å². The van der Waals surface area contributed by atoms with Crippen LogP contribution in [0.1, 0.15) is 11.1 Å². The lowest BCUT2D eigenvalue weighted by atomic mass is 10.1. The lowest BCUT2D eigenvalue weighted by molar-refractivity contribution is -0.384. The second kappa shape index (κ2) is 9.55. The molecular weight excluding hydrogens is 466 g/mol. The predicted octanol–water partition coefficient (Wildman–Crippen LogP) is 5.20. The number of sulfonamides is 1. The summed E-state index contributed by atoms with van der Waals surface area (Å²) in [5.74, 6) is -0.629. The highest BCUT2D eigenvalue weighted by Crippen LogP contribution is 2.32. The van der Waals surface area contributed by atoms with E-state index in [2.05, 4.69) is 5.32 Å². The zero-order valence-electron chi connectivity index (χ0n) is 19.1. The van der Waals surface area contributed by atoms with Crippen LogP contribution >= 0.6 is 0 Å². The summed E-state index contributed by atoms with van der Waals surface area (Å²) in [5.41, 5.74) is 2.00. The summed E-state index contributed by atoms with van der Waals surface area (Å²) in [6.45, 7) is 3.15. The number of carbonyl (C=O) groups excluding carboxylic acids is 1. The molecule has 8 nitrogen and oxygen atoms in total.